The summed E-state index contributed by atoms with van der Waals surface area (Å²) in [6.07, 6.45) is 10.2. The van der Waals surface area contributed by atoms with Crippen LogP contribution >= 0.6 is 0 Å². The number of nitrogens with one attached hydrogen (secondary N) is 1. The number of unbranched alkanes of at least 4 members (excludes halogenated alkanes) is 1. The fourth-order valence-electron chi connectivity index (χ4n) is 2.29. The van der Waals surface area contributed by atoms with Crippen molar-refractivity contribution in [3.63, 3.8) is 0 Å². The quantitative estimate of drug-likeness (QED) is 0.763. The van der Waals surface area contributed by atoms with Crippen LogP contribution in [0.4, 0.5) is 11.6 Å². The molecule has 6 heteroatoms. The van der Waals surface area contributed by atoms with Crippen LogP contribution < -0.4 is 11.1 Å². The third-order valence-corrected chi connectivity index (χ3v) is 3.84. The molecule has 1 saturated carbocycles. The van der Waals surface area contributed by atoms with E-state index >= 15 is 0 Å². The molecule has 2 aromatic rings. The summed E-state index contributed by atoms with van der Waals surface area (Å²) in [5.41, 5.74) is 6.93. The van der Waals surface area contributed by atoms with E-state index in [2.05, 4.69) is 24.8 Å². The average molecular weight is 286 g/mol. The molecule has 1 aliphatic carbocycles. The molecule has 1 aliphatic rings. The van der Waals surface area contributed by atoms with E-state index in [9.17, 15) is 0 Å². The molecule has 3 N–H and O–H groups in total. The Morgan fingerprint density at radius 1 is 1.33 bits per heavy atom. The van der Waals surface area contributed by atoms with E-state index in [-0.39, 0.29) is 0 Å². The number of hydrogen-bond donors (Lipinski definition) is 2. The third-order valence-electron chi connectivity index (χ3n) is 3.84. The van der Waals surface area contributed by atoms with E-state index < -0.39 is 0 Å². The van der Waals surface area contributed by atoms with Gasteiger partial charge in [0.15, 0.2) is 0 Å². The highest BCUT2D eigenvalue weighted by Gasteiger charge is 2.27. The molecule has 3 rings (SSSR count). The van der Waals surface area contributed by atoms with Crippen molar-refractivity contribution in [2.75, 3.05) is 17.6 Å². The smallest absolute Gasteiger partial charge is 0.136 e. The molecular formula is C15H22N6. The zero-order valence-corrected chi connectivity index (χ0v) is 12.4. The second kappa shape index (κ2) is 6.11. The predicted octanol–water partition coefficient (Wildman–Crippen LogP) is 2.33. The molecule has 2 aromatic heterocycles. The lowest BCUT2D eigenvalue weighted by molar-refractivity contribution is 0.620. The monoisotopic (exact) mass is 286 g/mol. The highest BCUT2D eigenvalue weighted by molar-refractivity contribution is 5.55. The summed E-state index contributed by atoms with van der Waals surface area (Å²) in [4.78, 5) is 13.1. The van der Waals surface area contributed by atoms with Gasteiger partial charge in [-0.1, -0.05) is 0 Å². The fourth-order valence-corrected chi connectivity index (χ4v) is 2.29. The van der Waals surface area contributed by atoms with Gasteiger partial charge in [-0.3, -0.25) is 0 Å². The van der Waals surface area contributed by atoms with Crippen molar-refractivity contribution in [3.8, 4) is 0 Å². The summed E-state index contributed by atoms with van der Waals surface area (Å²) in [6.45, 7) is 3.87. The summed E-state index contributed by atoms with van der Waals surface area (Å²) < 4.78 is 2.10. The number of hydrogen-bond acceptors (Lipinski definition) is 5. The zero-order chi connectivity index (χ0) is 14.7. The van der Waals surface area contributed by atoms with Gasteiger partial charge < -0.3 is 15.6 Å². The number of aryl methyl sites for hydroxylation is 1. The number of anilines is 2. The lowest BCUT2D eigenvalue weighted by Gasteiger charge is -2.12. The van der Waals surface area contributed by atoms with Crippen molar-refractivity contribution in [2.24, 2.45) is 0 Å². The minimum Gasteiger partial charge on any atom is -0.383 e. The predicted molar refractivity (Wildman–Crippen MR) is 83.1 cm³/mol. The van der Waals surface area contributed by atoms with Crippen molar-refractivity contribution in [1.29, 1.82) is 0 Å². The van der Waals surface area contributed by atoms with Crippen molar-refractivity contribution in [2.45, 2.75) is 45.1 Å². The molecule has 0 radical (unpaired) electrons. The van der Waals surface area contributed by atoms with Gasteiger partial charge in [0.2, 0.25) is 0 Å². The molecule has 0 saturated heterocycles. The van der Waals surface area contributed by atoms with E-state index in [1.165, 1.54) is 12.8 Å². The lowest BCUT2D eigenvalue weighted by atomic mass is 10.2. The number of imidazole rings is 1. The Morgan fingerprint density at radius 2 is 2.19 bits per heavy atom. The standard InChI is InChI=1S/C15H22N6/c1-11-13(16)19-15(12-4-5-12)20-14(11)18-6-2-3-8-21-9-7-17-10-21/h7,9-10,12H,2-6,8H2,1H3,(H3,16,18,19,20). The molecule has 1 fully saturated rings. The SMILES string of the molecule is Cc1c(N)nc(C2CC2)nc1NCCCCn1ccnc1. The Bertz CT molecular complexity index is 588. The second-order valence-electron chi connectivity index (χ2n) is 5.65. The first kappa shape index (κ1) is 13.9. The van der Waals surface area contributed by atoms with Crippen LogP contribution in [-0.4, -0.2) is 26.1 Å². The third kappa shape index (κ3) is 3.51. The zero-order valence-electron chi connectivity index (χ0n) is 12.4. The number of rotatable bonds is 7. The van der Waals surface area contributed by atoms with E-state index in [4.69, 9.17) is 5.73 Å². The van der Waals surface area contributed by atoms with Gasteiger partial charge in [-0.2, -0.15) is 0 Å². The Labute approximate surface area is 124 Å². The molecule has 2 heterocycles. The first-order valence-corrected chi connectivity index (χ1v) is 7.57. The van der Waals surface area contributed by atoms with Crippen LogP contribution in [0.1, 0.15) is 43.0 Å². The Balaban J connectivity index is 1.50. The summed E-state index contributed by atoms with van der Waals surface area (Å²) in [5.74, 6) is 2.92. The Kier molecular flexibility index (Phi) is 4.03. The molecule has 21 heavy (non-hydrogen) atoms. The van der Waals surface area contributed by atoms with Crippen molar-refractivity contribution >= 4 is 11.6 Å². The van der Waals surface area contributed by atoms with E-state index in [0.29, 0.717) is 11.7 Å². The minimum atomic E-state index is 0.523. The molecule has 0 atom stereocenters. The summed E-state index contributed by atoms with van der Waals surface area (Å²) in [6, 6.07) is 0. The number of nitrogens with two attached hydrogens (primary N) is 1. The molecule has 0 aromatic carbocycles. The first-order valence-electron chi connectivity index (χ1n) is 7.57. The molecular weight excluding hydrogens is 264 g/mol. The van der Waals surface area contributed by atoms with Gasteiger partial charge in [0, 0.05) is 37.0 Å². The van der Waals surface area contributed by atoms with E-state index in [0.717, 1.165) is 43.1 Å². The van der Waals surface area contributed by atoms with Crippen molar-refractivity contribution < 1.29 is 0 Å². The van der Waals surface area contributed by atoms with Crippen LogP contribution in [0, 0.1) is 6.92 Å². The molecule has 0 aliphatic heterocycles. The summed E-state index contributed by atoms with van der Waals surface area (Å²) in [7, 11) is 0. The summed E-state index contributed by atoms with van der Waals surface area (Å²) in [5, 5.41) is 3.40. The van der Waals surface area contributed by atoms with E-state index in [1.54, 1.807) is 0 Å². The Hall–Kier alpha value is -2.11. The van der Waals surface area contributed by atoms with Crippen LogP contribution in [0.25, 0.3) is 0 Å². The van der Waals surface area contributed by atoms with Gasteiger partial charge in [-0.05, 0) is 32.6 Å². The van der Waals surface area contributed by atoms with Gasteiger partial charge in [0.1, 0.15) is 17.5 Å². The molecule has 0 spiro atoms. The van der Waals surface area contributed by atoms with Gasteiger partial charge in [0.05, 0.1) is 6.33 Å². The molecule has 6 nitrogen and oxygen atoms in total. The maximum Gasteiger partial charge on any atom is 0.136 e. The molecule has 0 amide bonds. The molecule has 112 valence electrons. The number of nitrogen functional groups attached to an aromatic ring is 1. The highest BCUT2D eigenvalue weighted by Crippen LogP contribution is 2.39. The fraction of sp³-hybridized carbons (Fsp3) is 0.533. The minimum absolute atomic E-state index is 0.523. The topological polar surface area (TPSA) is 81.6 Å². The number of aromatic nitrogens is 4. The maximum atomic E-state index is 5.98. The van der Waals surface area contributed by atoms with Crippen molar-refractivity contribution in [1.82, 2.24) is 19.5 Å². The Morgan fingerprint density at radius 3 is 2.90 bits per heavy atom. The van der Waals surface area contributed by atoms with Gasteiger partial charge in [-0.15, -0.1) is 0 Å². The van der Waals surface area contributed by atoms with Crippen molar-refractivity contribution in [3.05, 3.63) is 30.1 Å². The second-order valence-corrected chi connectivity index (χ2v) is 5.65. The molecule has 0 bridgehead atoms. The highest BCUT2D eigenvalue weighted by atomic mass is 15.1. The average Bonchev–Trinajstić information content (AvgIpc) is 3.20. The first-order chi connectivity index (χ1) is 10.2. The lowest BCUT2D eigenvalue weighted by Crippen LogP contribution is -2.10. The van der Waals surface area contributed by atoms with Crippen LogP contribution in [0.2, 0.25) is 0 Å². The van der Waals surface area contributed by atoms with Crippen LogP contribution in [-0.2, 0) is 6.54 Å². The van der Waals surface area contributed by atoms with Crippen LogP contribution in [0.15, 0.2) is 18.7 Å². The number of nitrogens with zero attached hydrogens (tertiary/aromatic N) is 4. The largest absolute Gasteiger partial charge is 0.383 e. The summed E-state index contributed by atoms with van der Waals surface area (Å²) >= 11 is 0. The molecule has 0 unspecified atom stereocenters. The van der Waals surface area contributed by atoms with Crippen LogP contribution in [0.5, 0.6) is 0 Å². The van der Waals surface area contributed by atoms with Gasteiger partial charge >= 0.3 is 0 Å². The van der Waals surface area contributed by atoms with E-state index in [1.807, 2.05) is 25.6 Å². The van der Waals surface area contributed by atoms with Gasteiger partial charge in [-0.25, -0.2) is 15.0 Å². The van der Waals surface area contributed by atoms with Gasteiger partial charge in [0.25, 0.3) is 0 Å². The maximum absolute atomic E-state index is 5.98. The van der Waals surface area contributed by atoms with Crippen LogP contribution in [0.3, 0.4) is 0 Å². The normalized spacial score (nSPS) is 14.3.